The minimum atomic E-state index is -0.533. The van der Waals surface area contributed by atoms with Crippen molar-refractivity contribution < 1.29 is 9.59 Å². The Morgan fingerprint density at radius 3 is 2.50 bits per heavy atom. The highest BCUT2D eigenvalue weighted by molar-refractivity contribution is 5.81. The molecule has 2 amide bonds. The lowest BCUT2D eigenvalue weighted by molar-refractivity contribution is -0.122. The molecule has 5 nitrogen and oxygen atoms in total. The van der Waals surface area contributed by atoms with Crippen molar-refractivity contribution in [3.63, 3.8) is 0 Å². The van der Waals surface area contributed by atoms with Gasteiger partial charge in [0, 0.05) is 13.5 Å². The van der Waals surface area contributed by atoms with E-state index in [0.717, 1.165) is 0 Å². The Labute approximate surface area is 71.5 Å². The molecule has 0 bridgehead atoms. The minimum Gasteiger partial charge on any atom is -0.370 e. The number of nitrogens with one attached hydrogen (secondary N) is 1. The lowest BCUT2D eigenvalue weighted by atomic mass is 10.1. The molecule has 0 aliphatic carbocycles. The second kappa shape index (κ2) is 5.54. The molecule has 0 aliphatic rings. The summed E-state index contributed by atoms with van der Waals surface area (Å²) in [6.45, 7) is 0. The van der Waals surface area contributed by atoms with E-state index in [1.54, 1.807) is 0 Å². The van der Waals surface area contributed by atoms with Gasteiger partial charge in [0.05, 0.1) is 6.04 Å². The molecule has 0 aromatic heterocycles. The molecule has 0 unspecified atom stereocenters. The molecule has 5 heteroatoms. The molecular weight excluding hydrogens is 158 g/mol. The monoisotopic (exact) mass is 173 g/mol. The molecule has 1 atom stereocenters. The molecule has 70 valence electrons. The lowest BCUT2D eigenvalue weighted by Crippen LogP contribution is -2.38. The van der Waals surface area contributed by atoms with Crippen LogP contribution in [0, 0.1) is 0 Å². The van der Waals surface area contributed by atoms with Crippen LogP contribution in [-0.4, -0.2) is 24.9 Å². The number of carbonyl (C=O) groups is 2. The third-order valence-electron chi connectivity index (χ3n) is 1.52. The summed E-state index contributed by atoms with van der Waals surface area (Å²) in [5.74, 6) is -0.571. The molecule has 0 fully saturated rings. The molecule has 0 spiro atoms. The number of rotatable bonds is 5. The number of hydrogen-bond acceptors (Lipinski definition) is 3. The Morgan fingerprint density at radius 2 is 2.08 bits per heavy atom. The fourth-order valence-corrected chi connectivity index (χ4v) is 0.813. The predicted molar refractivity (Wildman–Crippen MR) is 45.1 cm³/mol. The van der Waals surface area contributed by atoms with Crippen LogP contribution < -0.4 is 16.8 Å². The zero-order chi connectivity index (χ0) is 9.56. The van der Waals surface area contributed by atoms with Crippen molar-refractivity contribution in [3.05, 3.63) is 0 Å². The first-order valence-corrected chi connectivity index (χ1v) is 3.83. The third kappa shape index (κ3) is 4.68. The van der Waals surface area contributed by atoms with Gasteiger partial charge in [0.1, 0.15) is 0 Å². The van der Waals surface area contributed by atoms with Gasteiger partial charge < -0.3 is 16.8 Å². The molecule has 0 saturated heterocycles. The normalized spacial score (nSPS) is 12.2. The van der Waals surface area contributed by atoms with Gasteiger partial charge >= 0.3 is 0 Å². The van der Waals surface area contributed by atoms with Crippen LogP contribution in [0.15, 0.2) is 0 Å². The smallest absolute Gasteiger partial charge is 0.236 e. The largest absolute Gasteiger partial charge is 0.370 e. The second-order valence-electron chi connectivity index (χ2n) is 2.58. The van der Waals surface area contributed by atoms with E-state index in [9.17, 15) is 9.59 Å². The summed E-state index contributed by atoms with van der Waals surface area (Å²) in [7, 11) is 1.52. The van der Waals surface area contributed by atoms with Gasteiger partial charge in [0.15, 0.2) is 0 Å². The van der Waals surface area contributed by atoms with E-state index in [1.807, 2.05) is 0 Å². The quantitative estimate of drug-likeness (QED) is 0.482. The first-order valence-electron chi connectivity index (χ1n) is 3.83. The topological polar surface area (TPSA) is 98.2 Å². The van der Waals surface area contributed by atoms with E-state index >= 15 is 0 Å². The van der Waals surface area contributed by atoms with Crippen LogP contribution in [0.5, 0.6) is 0 Å². The number of hydrogen-bond donors (Lipinski definition) is 3. The van der Waals surface area contributed by atoms with E-state index in [1.165, 1.54) is 7.05 Å². The van der Waals surface area contributed by atoms with Gasteiger partial charge in [0.25, 0.3) is 0 Å². The van der Waals surface area contributed by atoms with Crippen LogP contribution >= 0.6 is 0 Å². The molecule has 0 rings (SSSR count). The van der Waals surface area contributed by atoms with Crippen molar-refractivity contribution in [3.8, 4) is 0 Å². The first-order chi connectivity index (χ1) is 5.57. The Hall–Kier alpha value is -1.10. The SMILES string of the molecule is CNC(=O)[C@H](N)CCCC(N)=O. The fourth-order valence-electron chi connectivity index (χ4n) is 0.813. The maximum absolute atomic E-state index is 10.8. The van der Waals surface area contributed by atoms with Crippen molar-refractivity contribution in [2.45, 2.75) is 25.3 Å². The maximum atomic E-state index is 10.8. The highest BCUT2D eigenvalue weighted by Crippen LogP contribution is 1.97. The summed E-state index contributed by atoms with van der Waals surface area (Å²) in [5, 5.41) is 2.42. The van der Waals surface area contributed by atoms with Crippen molar-refractivity contribution >= 4 is 11.8 Å². The van der Waals surface area contributed by atoms with Crippen LogP contribution in [0.3, 0.4) is 0 Å². The summed E-state index contributed by atoms with van der Waals surface area (Å²) in [6.07, 6.45) is 1.33. The predicted octanol–water partition coefficient (Wildman–Crippen LogP) is -1.28. The van der Waals surface area contributed by atoms with Gasteiger partial charge in [-0.25, -0.2) is 0 Å². The van der Waals surface area contributed by atoms with E-state index in [4.69, 9.17) is 11.5 Å². The summed E-state index contributed by atoms with van der Waals surface area (Å²) < 4.78 is 0. The second-order valence-corrected chi connectivity index (χ2v) is 2.58. The maximum Gasteiger partial charge on any atom is 0.236 e. The number of amides is 2. The first kappa shape index (κ1) is 10.9. The Bertz CT molecular complexity index is 170. The summed E-state index contributed by atoms with van der Waals surface area (Å²) in [5.41, 5.74) is 10.4. The molecule has 0 saturated carbocycles. The van der Waals surface area contributed by atoms with Gasteiger partial charge in [0.2, 0.25) is 11.8 Å². The Balaban J connectivity index is 3.50. The third-order valence-corrected chi connectivity index (χ3v) is 1.52. The van der Waals surface area contributed by atoms with Gasteiger partial charge in [-0.2, -0.15) is 0 Å². The molecule has 0 aromatic carbocycles. The minimum absolute atomic E-state index is 0.209. The van der Waals surface area contributed by atoms with Gasteiger partial charge in [-0.3, -0.25) is 9.59 Å². The Kier molecular flexibility index (Phi) is 5.03. The zero-order valence-electron chi connectivity index (χ0n) is 7.17. The van der Waals surface area contributed by atoms with E-state index in [2.05, 4.69) is 5.32 Å². The van der Waals surface area contributed by atoms with Crippen LogP contribution in [0.2, 0.25) is 0 Å². The van der Waals surface area contributed by atoms with Gasteiger partial charge in [-0.05, 0) is 12.8 Å². The van der Waals surface area contributed by atoms with E-state index in [-0.39, 0.29) is 18.2 Å². The fraction of sp³-hybridized carbons (Fsp3) is 0.714. The summed E-state index contributed by atoms with van der Waals surface area (Å²) >= 11 is 0. The van der Waals surface area contributed by atoms with Gasteiger partial charge in [-0.15, -0.1) is 0 Å². The van der Waals surface area contributed by atoms with Crippen LogP contribution in [0.4, 0.5) is 0 Å². The number of nitrogens with two attached hydrogens (primary N) is 2. The standard InChI is InChI=1S/C7H15N3O2/c1-10-7(12)5(8)3-2-4-6(9)11/h5H,2-4,8H2,1H3,(H2,9,11)(H,10,12)/t5-/m1/s1. The number of likely N-dealkylation sites (N-methyl/N-ethyl adjacent to an activating group) is 1. The van der Waals surface area contributed by atoms with Crippen LogP contribution in [0.25, 0.3) is 0 Å². The van der Waals surface area contributed by atoms with Gasteiger partial charge in [-0.1, -0.05) is 0 Å². The molecule has 12 heavy (non-hydrogen) atoms. The average Bonchev–Trinajstić information content (AvgIpc) is 2.02. The number of carbonyl (C=O) groups excluding carboxylic acids is 2. The van der Waals surface area contributed by atoms with E-state index in [0.29, 0.717) is 12.8 Å². The zero-order valence-corrected chi connectivity index (χ0v) is 7.17. The van der Waals surface area contributed by atoms with Crippen LogP contribution in [0.1, 0.15) is 19.3 Å². The molecule has 0 heterocycles. The highest BCUT2D eigenvalue weighted by Gasteiger charge is 2.10. The summed E-state index contributed by atoms with van der Waals surface area (Å²) in [6, 6.07) is -0.533. The van der Waals surface area contributed by atoms with Crippen molar-refractivity contribution in [2.75, 3.05) is 7.05 Å². The van der Waals surface area contributed by atoms with Crippen molar-refractivity contribution in [1.29, 1.82) is 0 Å². The molecular formula is C7H15N3O2. The average molecular weight is 173 g/mol. The Morgan fingerprint density at radius 1 is 1.50 bits per heavy atom. The van der Waals surface area contributed by atoms with Crippen molar-refractivity contribution in [2.24, 2.45) is 11.5 Å². The summed E-state index contributed by atoms with van der Waals surface area (Å²) in [4.78, 5) is 21.1. The van der Waals surface area contributed by atoms with Crippen LogP contribution in [-0.2, 0) is 9.59 Å². The molecule has 0 aliphatic heterocycles. The molecule has 0 aromatic rings. The molecule has 0 radical (unpaired) electrons. The highest BCUT2D eigenvalue weighted by atomic mass is 16.2. The van der Waals surface area contributed by atoms with E-state index < -0.39 is 6.04 Å². The molecule has 5 N–H and O–H groups in total. The van der Waals surface area contributed by atoms with Crippen molar-refractivity contribution in [1.82, 2.24) is 5.32 Å². The lowest BCUT2D eigenvalue weighted by Gasteiger charge is -2.07. The number of primary amides is 1.